The molecule has 2 bridgehead atoms. The summed E-state index contributed by atoms with van der Waals surface area (Å²) in [5.74, 6) is -0.768. The molecule has 0 saturated heterocycles. The molecule has 2 aliphatic rings. The predicted molar refractivity (Wildman–Crippen MR) is 60.4 cm³/mol. The first-order chi connectivity index (χ1) is 8.13. The predicted octanol–water partition coefficient (Wildman–Crippen LogP) is 1.40. The summed E-state index contributed by atoms with van der Waals surface area (Å²) >= 11 is 0. The van der Waals surface area contributed by atoms with Crippen molar-refractivity contribution in [2.75, 3.05) is 6.61 Å². The van der Waals surface area contributed by atoms with Gasteiger partial charge in [-0.05, 0) is 31.1 Å². The first-order valence-corrected chi connectivity index (χ1v) is 5.90. The normalized spacial score (nSPS) is 34.4. The third-order valence-electron chi connectivity index (χ3n) is 3.82. The van der Waals surface area contributed by atoms with Crippen molar-refractivity contribution in [2.24, 2.45) is 17.8 Å². The van der Waals surface area contributed by atoms with Crippen molar-refractivity contribution in [1.82, 2.24) is 5.32 Å². The fraction of sp³-hybridized carbons (Fsp3) is 0.667. The van der Waals surface area contributed by atoms with Crippen LogP contribution in [0.15, 0.2) is 12.7 Å². The van der Waals surface area contributed by atoms with E-state index >= 15 is 0 Å². The Kier molecular flexibility index (Phi) is 3.36. The quantitative estimate of drug-likeness (QED) is 0.727. The van der Waals surface area contributed by atoms with Crippen molar-refractivity contribution in [2.45, 2.75) is 25.3 Å². The molecule has 0 unspecified atom stereocenters. The van der Waals surface area contributed by atoms with Crippen molar-refractivity contribution >= 4 is 12.1 Å². The molecule has 0 heterocycles. The summed E-state index contributed by atoms with van der Waals surface area (Å²) in [6, 6.07) is -0.274. The van der Waals surface area contributed by atoms with Gasteiger partial charge in [0.2, 0.25) is 0 Å². The van der Waals surface area contributed by atoms with E-state index < -0.39 is 18.0 Å². The molecular formula is C12H17NO4. The molecule has 2 fully saturated rings. The number of ether oxygens (including phenoxy) is 1. The molecule has 0 spiro atoms. The fourth-order valence-electron chi connectivity index (χ4n) is 3.17. The molecule has 2 aliphatic carbocycles. The summed E-state index contributed by atoms with van der Waals surface area (Å²) in [7, 11) is 0. The summed E-state index contributed by atoms with van der Waals surface area (Å²) in [5, 5.41) is 11.9. The number of rotatable bonds is 4. The van der Waals surface area contributed by atoms with Gasteiger partial charge in [0.15, 0.2) is 0 Å². The Labute approximate surface area is 99.8 Å². The minimum absolute atomic E-state index is 0.143. The van der Waals surface area contributed by atoms with Gasteiger partial charge in [-0.15, -0.1) is 0 Å². The van der Waals surface area contributed by atoms with Crippen molar-refractivity contribution in [3.8, 4) is 0 Å². The number of nitrogens with one attached hydrogen (secondary N) is 1. The van der Waals surface area contributed by atoms with E-state index in [0.717, 1.165) is 19.3 Å². The monoisotopic (exact) mass is 239 g/mol. The molecular weight excluding hydrogens is 222 g/mol. The van der Waals surface area contributed by atoms with E-state index in [0.29, 0.717) is 0 Å². The highest BCUT2D eigenvalue weighted by Crippen LogP contribution is 2.48. The first kappa shape index (κ1) is 12.0. The lowest BCUT2D eigenvalue weighted by atomic mass is 9.84. The lowest BCUT2D eigenvalue weighted by molar-refractivity contribution is -0.144. The number of hydrogen-bond donors (Lipinski definition) is 2. The maximum atomic E-state index is 11.4. The van der Waals surface area contributed by atoms with Crippen LogP contribution in [0.3, 0.4) is 0 Å². The SMILES string of the molecule is C=CCOC(=O)N[C@@H]1[C@H]2CC[C@H](C2)[C@@H]1C(=O)O. The van der Waals surface area contributed by atoms with Gasteiger partial charge in [-0.1, -0.05) is 12.7 Å². The zero-order valence-electron chi connectivity index (χ0n) is 9.59. The molecule has 5 nitrogen and oxygen atoms in total. The summed E-state index contributed by atoms with van der Waals surface area (Å²) in [5.41, 5.74) is 0. The van der Waals surface area contributed by atoms with Crippen molar-refractivity contribution in [1.29, 1.82) is 0 Å². The summed E-state index contributed by atoms with van der Waals surface area (Å²) < 4.78 is 4.83. The second-order valence-corrected chi connectivity index (χ2v) is 4.75. The Hall–Kier alpha value is -1.52. The average molecular weight is 239 g/mol. The van der Waals surface area contributed by atoms with Crippen LogP contribution < -0.4 is 5.32 Å². The summed E-state index contributed by atoms with van der Waals surface area (Å²) in [4.78, 5) is 22.6. The number of carboxylic acids is 1. The lowest BCUT2D eigenvalue weighted by Crippen LogP contribution is -2.47. The van der Waals surface area contributed by atoms with Crippen LogP contribution in [0.4, 0.5) is 4.79 Å². The molecule has 2 N–H and O–H groups in total. The molecule has 2 saturated carbocycles. The van der Waals surface area contributed by atoms with Crippen molar-refractivity contribution < 1.29 is 19.4 Å². The van der Waals surface area contributed by atoms with Crippen molar-refractivity contribution in [3.63, 3.8) is 0 Å². The van der Waals surface area contributed by atoms with Crippen molar-refractivity contribution in [3.05, 3.63) is 12.7 Å². The number of hydrogen-bond acceptors (Lipinski definition) is 3. The molecule has 5 heteroatoms. The van der Waals surface area contributed by atoms with E-state index in [9.17, 15) is 14.7 Å². The Bertz CT molecular complexity index is 341. The second-order valence-electron chi connectivity index (χ2n) is 4.75. The highest BCUT2D eigenvalue weighted by atomic mass is 16.5. The van der Waals surface area contributed by atoms with Gasteiger partial charge < -0.3 is 15.2 Å². The lowest BCUT2D eigenvalue weighted by Gasteiger charge is -2.28. The Morgan fingerprint density at radius 2 is 2.12 bits per heavy atom. The van der Waals surface area contributed by atoms with Crippen LogP contribution in [-0.4, -0.2) is 29.8 Å². The van der Waals surface area contributed by atoms with Crippen LogP contribution in [0.1, 0.15) is 19.3 Å². The standard InChI is InChI=1S/C12H17NO4/c1-2-5-17-12(16)13-10-8-4-3-7(6-8)9(10)11(14)15/h2,7-10H,1,3-6H2,(H,13,16)(H,14,15)/t7-,8+,9+,10-/m1/s1. The van der Waals surface area contributed by atoms with Gasteiger partial charge >= 0.3 is 12.1 Å². The van der Waals surface area contributed by atoms with E-state index in [1.165, 1.54) is 6.08 Å². The molecule has 0 radical (unpaired) electrons. The number of carbonyl (C=O) groups excluding carboxylic acids is 1. The largest absolute Gasteiger partial charge is 0.481 e. The zero-order valence-corrected chi connectivity index (χ0v) is 9.59. The Morgan fingerprint density at radius 1 is 1.41 bits per heavy atom. The van der Waals surface area contributed by atoms with E-state index in [2.05, 4.69) is 11.9 Å². The molecule has 0 aromatic rings. The van der Waals surface area contributed by atoms with E-state index in [1.807, 2.05) is 0 Å². The topological polar surface area (TPSA) is 75.6 Å². The Balaban J connectivity index is 1.96. The molecule has 17 heavy (non-hydrogen) atoms. The van der Waals surface area contributed by atoms with Gasteiger partial charge in [-0.3, -0.25) is 4.79 Å². The molecule has 94 valence electrons. The van der Waals surface area contributed by atoms with E-state index in [1.54, 1.807) is 0 Å². The molecule has 0 aliphatic heterocycles. The number of aliphatic carboxylic acids is 1. The van der Waals surface area contributed by atoms with Gasteiger partial charge in [-0.2, -0.15) is 0 Å². The van der Waals surface area contributed by atoms with Crippen LogP contribution in [0, 0.1) is 17.8 Å². The van der Waals surface area contributed by atoms with Gasteiger partial charge in [-0.25, -0.2) is 4.79 Å². The number of alkyl carbamates (subject to hydrolysis) is 1. The van der Waals surface area contributed by atoms with Gasteiger partial charge in [0.1, 0.15) is 6.61 Å². The Morgan fingerprint density at radius 3 is 2.76 bits per heavy atom. The second kappa shape index (κ2) is 4.77. The van der Waals surface area contributed by atoms with Crippen LogP contribution in [0.25, 0.3) is 0 Å². The number of carbonyl (C=O) groups is 2. The maximum Gasteiger partial charge on any atom is 0.407 e. The number of amides is 1. The minimum atomic E-state index is -0.814. The highest BCUT2D eigenvalue weighted by Gasteiger charge is 2.51. The molecule has 2 rings (SSSR count). The minimum Gasteiger partial charge on any atom is -0.481 e. The van der Waals surface area contributed by atoms with E-state index in [-0.39, 0.29) is 24.5 Å². The maximum absolute atomic E-state index is 11.4. The van der Waals surface area contributed by atoms with Crippen LogP contribution in [-0.2, 0) is 9.53 Å². The summed E-state index contributed by atoms with van der Waals surface area (Å²) in [6.07, 6.45) is 3.80. The molecule has 0 aromatic carbocycles. The molecule has 1 amide bonds. The third kappa shape index (κ3) is 2.28. The van der Waals surface area contributed by atoms with Gasteiger partial charge in [0.25, 0.3) is 0 Å². The average Bonchev–Trinajstić information content (AvgIpc) is 2.86. The van der Waals surface area contributed by atoms with Crippen LogP contribution in [0.5, 0.6) is 0 Å². The first-order valence-electron chi connectivity index (χ1n) is 5.90. The summed E-state index contributed by atoms with van der Waals surface area (Å²) in [6.45, 7) is 3.59. The molecule has 4 atom stereocenters. The van der Waals surface area contributed by atoms with E-state index in [4.69, 9.17) is 4.74 Å². The fourth-order valence-corrected chi connectivity index (χ4v) is 3.17. The zero-order chi connectivity index (χ0) is 12.4. The smallest absolute Gasteiger partial charge is 0.407 e. The number of fused-ring (bicyclic) bond motifs is 2. The van der Waals surface area contributed by atoms with Crippen LogP contribution >= 0.6 is 0 Å². The third-order valence-corrected chi connectivity index (χ3v) is 3.82. The number of carboxylic acid groups (broad SMARTS) is 1. The highest BCUT2D eigenvalue weighted by molar-refractivity contribution is 5.74. The van der Waals surface area contributed by atoms with Crippen LogP contribution in [0.2, 0.25) is 0 Å². The van der Waals surface area contributed by atoms with Gasteiger partial charge in [0, 0.05) is 6.04 Å². The van der Waals surface area contributed by atoms with Gasteiger partial charge in [0.05, 0.1) is 5.92 Å². The molecule has 0 aromatic heterocycles.